The van der Waals surface area contributed by atoms with Gasteiger partial charge in [-0.2, -0.15) is 0 Å². The highest BCUT2D eigenvalue weighted by Crippen LogP contribution is 2.25. The minimum Gasteiger partial charge on any atom is -0.493 e. The molecular formula is C20H20N2O4S. The highest BCUT2D eigenvalue weighted by atomic mass is 32.2. The number of nitrogens with zero attached hydrogens (tertiary/aromatic N) is 2. The molecule has 1 heterocycles. The molecule has 0 bridgehead atoms. The van der Waals surface area contributed by atoms with Crippen molar-refractivity contribution >= 4 is 17.7 Å². The number of hydrogen-bond acceptors (Lipinski definition) is 7. The second-order valence-electron chi connectivity index (χ2n) is 5.97. The molecule has 0 fully saturated rings. The largest absolute Gasteiger partial charge is 0.493 e. The SMILES string of the molecule is COC(=O)c1cccc(OCCSc2nnc(-c3cc(C)cc(C)c3)o2)c1. The summed E-state index contributed by atoms with van der Waals surface area (Å²) in [5, 5.41) is 8.69. The third kappa shape index (κ3) is 5.10. The normalized spacial score (nSPS) is 10.6. The first kappa shape index (κ1) is 19.0. The number of carbonyl (C=O) groups is 1. The van der Waals surface area contributed by atoms with Gasteiger partial charge in [-0.15, -0.1) is 10.2 Å². The summed E-state index contributed by atoms with van der Waals surface area (Å²) in [7, 11) is 1.35. The van der Waals surface area contributed by atoms with Crippen LogP contribution < -0.4 is 4.74 Å². The lowest BCUT2D eigenvalue weighted by molar-refractivity contribution is 0.0600. The summed E-state index contributed by atoms with van der Waals surface area (Å²) in [6.45, 7) is 4.51. The van der Waals surface area contributed by atoms with Crippen molar-refractivity contribution in [3.63, 3.8) is 0 Å². The Bertz CT molecular complexity index is 919. The minimum absolute atomic E-state index is 0.389. The topological polar surface area (TPSA) is 74.5 Å². The smallest absolute Gasteiger partial charge is 0.337 e. The van der Waals surface area contributed by atoms with Crippen LogP contribution in [0.2, 0.25) is 0 Å². The molecule has 7 heteroatoms. The molecule has 140 valence electrons. The molecule has 2 aromatic carbocycles. The highest BCUT2D eigenvalue weighted by Gasteiger charge is 2.10. The second kappa shape index (κ2) is 8.73. The molecule has 3 rings (SSSR count). The van der Waals surface area contributed by atoms with Crippen LogP contribution >= 0.6 is 11.8 Å². The maximum atomic E-state index is 11.5. The molecule has 0 amide bonds. The van der Waals surface area contributed by atoms with Crippen LogP contribution in [0.3, 0.4) is 0 Å². The molecule has 0 atom stereocenters. The van der Waals surface area contributed by atoms with E-state index >= 15 is 0 Å². The second-order valence-corrected chi connectivity index (χ2v) is 7.01. The van der Waals surface area contributed by atoms with Gasteiger partial charge in [0.25, 0.3) is 5.22 Å². The van der Waals surface area contributed by atoms with E-state index < -0.39 is 0 Å². The Labute approximate surface area is 161 Å². The van der Waals surface area contributed by atoms with Gasteiger partial charge in [0, 0.05) is 11.3 Å². The maximum absolute atomic E-state index is 11.5. The summed E-state index contributed by atoms with van der Waals surface area (Å²) in [6.07, 6.45) is 0. The summed E-state index contributed by atoms with van der Waals surface area (Å²) in [5.74, 6) is 1.37. The average molecular weight is 384 g/mol. The number of thioether (sulfide) groups is 1. The first-order valence-corrected chi connectivity index (χ1v) is 9.40. The third-order valence-electron chi connectivity index (χ3n) is 3.71. The van der Waals surface area contributed by atoms with Gasteiger partial charge < -0.3 is 13.9 Å². The number of hydrogen-bond donors (Lipinski definition) is 0. The van der Waals surface area contributed by atoms with Crippen molar-refractivity contribution < 1.29 is 18.7 Å². The first-order valence-electron chi connectivity index (χ1n) is 8.41. The minimum atomic E-state index is -0.389. The van der Waals surface area contributed by atoms with E-state index in [2.05, 4.69) is 16.3 Å². The number of esters is 1. The highest BCUT2D eigenvalue weighted by molar-refractivity contribution is 7.99. The van der Waals surface area contributed by atoms with E-state index in [0.29, 0.717) is 34.8 Å². The van der Waals surface area contributed by atoms with E-state index in [4.69, 9.17) is 13.9 Å². The fourth-order valence-electron chi connectivity index (χ4n) is 2.60. The molecule has 3 aromatic rings. The zero-order chi connectivity index (χ0) is 19.2. The molecule has 0 N–H and O–H groups in total. The molecule has 0 aliphatic heterocycles. The van der Waals surface area contributed by atoms with Gasteiger partial charge in [0.05, 0.1) is 19.3 Å². The molecule has 0 saturated carbocycles. The zero-order valence-corrected chi connectivity index (χ0v) is 16.2. The van der Waals surface area contributed by atoms with E-state index in [0.717, 1.165) is 16.7 Å². The number of aromatic nitrogens is 2. The Balaban J connectivity index is 1.53. The van der Waals surface area contributed by atoms with Crippen LogP contribution in [0.25, 0.3) is 11.5 Å². The zero-order valence-electron chi connectivity index (χ0n) is 15.4. The van der Waals surface area contributed by atoms with Crippen molar-refractivity contribution in [3.05, 3.63) is 59.2 Å². The molecule has 0 spiro atoms. The van der Waals surface area contributed by atoms with Gasteiger partial charge in [-0.05, 0) is 44.2 Å². The Morgan fingerprint density at radius 1 is 1.11 bits per heavy atom. The molecule has 0 aliphatic rings. The van der Waals surface area contributed by atoms with Gasteiger partial charge in [-0.25, -0.2) is 4.79 Å². The number of aryl methyl sites for hydroxylation is 2. The monoisotopic (exact) mass is 384 g/mol. The van der Waals surface area contributed by atoms with E-state index in [1.54, 1.807) is 24.3 Å². The summed E-state index contributed by atoms with van der Waals surface area (Å²) in [4.78, 5) is 11.5. The van der Waals surface area contributed by atoms with Crippen molar-refractivity contribution in [2.45, 2.75) is 19.1 Å². The van der Waals surface area contributed by atoms with Crippen molar-refractivity contribution in [1.82, 2.24) is 10.2 Å². The van der Waals surface area contributed by atoms with Crippen LogP contribution in [0.1, 0.15) is 21.5 Å². The van der Waals surface area contributed by atoms with Gasteiger partial charge in [-0.1, -0.05) is 35.0 Å². The number of benzene rings is 2. The molecule has 27 heavy (non-hydrogen) atoms. The fourth-order valence-corrected chi connectivity index (χ4v) is 3.18. The van der Waals surface area contributed by atoms with Crippen molar-refractivity contribution in [3.8, 4) is 17.2 Å². The number of carbonyl (C=O) groups excluding carboxylic acids is 1. The Morgan fingerprint density at radius 2 is 1.89 bits per heavy atom. The predicted octanol–water partition coefficient (Wildman–Crippen LogP) is 4.31. The Morgan fingerprint density at radius 3 is 2.63 bits per heavy atom. The number of rotatable bonds is 7. The Kier molecular flexibility index (Phi) is 6.13. The van der Waals surface area contributed by atoms with E-state index in [9.17, 15) is 4.79 Å². The van der Waals surface area contributed by atoms with Gasteiger partial charge in [0.15, 0.2) is 0 Å². The molecular weight excluding hydrogens is 364 g/mol. The number of methoxy groups -OCH3 is 1. The summed E-state index contributed by atoms with van der Waals surface area (Å²) >= 11 is 1.42. The summed E-state index contributed by atoms with van der Waals surface area (Å²) in [5.41, 5.74) is 3.68. The lowest BCUT2D eigenvalue weighted by Crippen LogP contribution is -2.03. The van der Waals surface area contributed by atoms with Crippen LogP contribution in [0.15, 0.2) is 52.1 Å². The summed E-state index contributed by atoms with van der Waals surface area (Å²) in [6, 6.07) is 13.0. The number of ether oxygens (including phenoxy) is 2. The molecule has 0 unspecified atom stereocenters. The quantitative estimate of drug-likeness (QED) is 0.341. The molecule has 6 nitrogen and oxygen atoms in total. The van der Waals surface area contributed by atoms with Gasteiger partial charge >= 0.3 is 5.97 Å². The van der Waals surface area contributed by atoms with Crippen LogP contribution in [-0.2, 0) is 4.74 Å². The molecule has 0 saturated heterocycles. The Hall–Kier alpha value is -2.80. The van der Waals surface area contributed by atoms with Crippen molar-refractivity contribution in [2.24, 2.45) is 0 Å². The van der Waals surface area contributed by atoms with Gasteiger partial charge in [-0.3, -0.25) is 0 Å². The van der Waals surface area contributed by atoms with E-state index in [1.165, 1.54) is 18.9 Å². The standard InChI is InChI=1S/C20H20N2O4S/c1-13-9-14(2)11-16(10-13)18-21-22-20(26-18)27-8-7-25-17-6-4-5-15(12-17)19(23)24-3/h4-6,9-12H,7-8H2,1-3H3. The maximum Gasteiger partial charge on any atom is 0.337 e. The van der Waals surface area contributed by atoms with Crippen LogP contribution in [-0.4, -0.2) is 35.6 Å². The van der Waals surface area contributed by atoms with E-state index in [1.807, 2.05) is 26.0 Å². The molecule has 0 radical (unpaired) electrons. The van der Waals surface area contributed by atoms with Gasteiger partial charge in [0.1, 0.15) is 5.75 Å². The first-order chi connectivity index (χ1) is 13.0. The fraction of sp³-hybridized carbons (Fsp3) is 0.250. The van der Waals surface area contributed by atoms with Crippen LogP contribution in [0.5, 0.6) is 5.75 Å². The molecule has 1 aromatic heterocycles. The lowest BCUT2D eigenvalue weighted by Gasteiger charge is -2.06. The predicted molar refractivity (Wildman–Crippen MR) is 103 cm³/mol. The van der Waals surface area contributed by atoms with Crippen LogP contribution in [0.4, 0.5) is 0 Å². The van der Waals surface area contributed by atoms with Crippen molar-refractivity contribution in [2.75, 3.05) is 19.5 Å². The third-order valence-corrected chi connectivity index (χ3v) is 4.49. The lowest BCUT2D eigenvalue weighted by atomic mass is 10.1. The summed E-state index contributed by atoms with van der Waals surface area (Å²) < 4.78 is 16.1. The van der Waals surface area contributed by atoms with Gasteiger partial charge in [0.2, 0.25) is 5.89 Å². The molecule has 0 aliphatic carbocycles. The average Bonchev–Trinajstić information content (AvgIpc) is 3.13. The van der Waals surface area contributed by atoms with E-state index in [-0.39, 0.29) is 5.97 Å². The van der Waals surface area contributed by atoms with Crippen LogP contribution in [0, 0.1) is 13.8 Å². The van der Waals surface area contributed by atoms with Crippen molar-refractivity contribution in [1.29, 1.82) is 0 Å².